The van der Waals surface area contributed by atoms with Crippen molar-refractivity contribution in [2.45, 2.75) is 52.1 Å². The van der Waals surface area contributed by atoms with Crippen LogP contribution in [0.4, 0.5) is 0 Å². The second-order valence-electron chi connectivity index (χ2n) is 5.81. The van der Waals surface area contributed by atoms with Gasteiger partial charge < -0.3 is 15.5 Å². The average Bonchev–Trinajstić information content (AvgIpc) is 2.32. The van der Waals surface area contributed by atoms with Crippen molar-refractivity contribution in [3.63, 3.8) is 0 Å². The molecule has 0 aromatic heterocycles. The smallest absolute Gasteiger partial charge is 0.221 e. The Morgan fingerprint density at radius 3 is 2.83 bits per heavy atom. The minimum absolute atomic E-state index is 0.179. The van der Waals surface area contributed by atoms with Gasteiger partial charge in [-0.05, 0) is 46.2 Å². The van der Waals surface area contributed by atoms with Gasteiger partial charge in [-0.3, -0.25) is 4.79 Å². The van der Waals surface area contributed by atoms with Gasteiger partial charge in [-0.15, -0.1) is 0 Å². The maximum absolute atomic E-state index is 11.8. The van der Waals surface area contributed by atoms with Gasteiger partial charge in [0.25, 0.3) is 0 Å². The quantitative estimate of drug-likeness (QED) is 0.750. The van der Waals surface area contributed by atoms with Gasteiger partial charge in [0.1, 0.15) is 0 Å². The summed E-state index contributed by atoms with van der Waals surface area (Å²) in [7, 11) is 2.08. The molecule has 0 aromatic carbocycles. The third-order valence-electron chi connectivity index (χ3n) is 4.00. The van der Waals surface area contributed by atoms with Gasteiger partial charge in [0.05, 0.1) is 0 Å². The van der Waals surface area contributed by atoms with E-state index in [1.54, 1.807) is 0 Å². The number of hydrogen-bond acceptors (Lipinski definition) is 3. The van der Waals surface area contributed by atoms with Crippen molar-refractivity contribution in [1.82, 2.24) is 15.5 Å². The molecular weight excluding hydrogens is 226 g/mol. The fourth-order valence-corrected chi connectivity index (χ4v) is 2.29. The van der Waals surface area contributed by atoms with E-state index in [4.69, 9.17) is 0 Å². The Kier molecular flexibility index (Phi) is 6.65. The van der Waals surface area contributed by atoms with Crippen molar-refractivity contribution in [1.29, 1.82) is 0 Å². The first-order chi connectivity index (χ1) is 8.50. The number of nitrogens with one attached hydrogen (secondary N) is 2. The maximum Gasteiger partial charge on any atom is 0.221 e. The molecule has 0 saturated carbocycles. The Labute approximate surface area is 111 Å². The Morgan fingerprint density at radius 1 is 1.50 bits per heavy atom. The number of rotatable bonds is 6. The minimum Gasteiger partial charge on any atom is -0.355 e. The van der Waals surface area contributed by atoms with Gasteiger partial charge in [-0.1, -0.05) is 6.92 Å². The van der Waals surface area contributed by atoms with E-state index in [2.05, 4.69) is 43.4 Å². The number of carbonyl (C=O) groups excluding carboxylic acids is 1. The van der Waals surface area contributed by atoms with Crippen molar-refractivity contribution in [2.24, 2.45) is 5.92 Å². The molecule has 2 unspecified atom stereocenters. The van der Waals surface area contributed by atoms with Crippen LogP contribution in [-0.4, -0.2) is 49.6 Å². The van der Waals surface area contributed by atoms with Crippen molar-refractivity contribution < 1.29 is 4.79 Å². The highest BCUT2D eigenvalue weighted by molar-refractivity contribution is 5.76. The summed E-state index contributed by atoms with van der Waals surface area (Å²) < 4.78 is 0. The van der Waals surface area contributed by atoms with E-state index in [0.29, 0.717) is 24.4 Å². The van der Waals surface area contributed by atoms with Crippen LogP contribution in [0.15, 0.2) is 0 Å². The van der Waals surface area contributed by atoms with Crippen molar-refractivity contribution in [3.05, 3.63) is 0 Å². The monoisotopic (exact) mass is 255 g/mol. The number of likely N-dealkylation sites (N-methyl/N-ethyl adjacent to an activating group) is 1. The van der Waals surface area contributed by atoms with E-state index in [0.717, 1.165) is 19.6 Å². The standard InChI is InChI=1S/C14H29N3O/c1-11(2)17(4)9-8-16-14(18)10-13-12(3)6-5-7-15-13/h11-13,15H,5-10H2,1-4H3,(H,16,18). The van der Waals surface area contributed by atoms with Gasteiger partial charge in [0.2, 0.25) is 5.91 Å². The molecule has 1 heterocycles. The van der Waals surface area contributed by atoms with Crippen molar-refractivity contribution in [3.8, 4) is 0 Å². The van der Waals surface area contributed by atoms with E-state index in [-0.39, 0.29) is 5.91 Å². The number of amides is 1. The molecule has 1 rings (SSSR count). The maximum atomic E-state index is 11.8. The highest BCUT2D eigenvalue weighted by atomic mass is 16.1. The largest absolute Gasteiger partial charge is 0.355 e. The molecule has 0 aliphatic carbocycles. The van der Waals surface area contributed by atoms with Gasteiger partial charge >= 0.3 is 0 Å². The Morgan fingerprint density at radius 2 is 2.22 bits per heavy atom. The molecule has 4 nitrogen and oxygen atoms in total. The fraction of sp³-hybridized carbons (Fsp3) is 0.929. The minimum atomic E-state index is 0.179. The van der Waals surface area contributed by atoms with Gasteiger partial charge in [0, 0.05) is 31.6 Å². The summed E-state index contributed by atoms with van der Waals surface area (Å²) in [6, 6.07) is 0.892. The van der Waals surface area contributed by atoms with Crippen LogP contribution in [0.25, 0.3) is 0 Å². The molecule has 2 N–H and O–H groups in total. The van der Waals surface area contributed by atoms with Crippen LogP contribution in [-0.2, 0) is 4.79 Å². The first-order valence-corrected chi connectivity index (χ1v) is 7.21. The van der Waals surface area contributed by atoms with Crippen molar-refractivity contribution >= 4 is 5.91 Å². The second kappa shape index (κ2) is 7.74. The van der Waals surface area contributed by atoms with Crippen molar-refractivity contribution in [2.75, 3.05) is 26.7 Å². The molecule has 1 aliphatic rings. The highest BCUT2D eigenvalue weighted by Gasteiger charge is 2.22. The summed E-state index contributed by atoms with van der Waals surface area (Å²) in [5.74, 6) is 0.793. The zero-order valence-electron chi connectivity index (χ0n) is 12.3. The molecule has 1 saturated heterocycles. The molecule has 0 bridgehead atoms. The summed E-state index contributed by atoms with van der Waals surface area (Å²) in [5, 5.41) is 6.46. The highest BCUT2D eigenvalue weighted by Crippen LogP contribution is 2.17. The van der Waals surface area contributed by atoms with Crippen LogP contribution in [0.2, 0.25) is 0 Å². The Hall–Kier alpha value is -0.610. The summed E-state index contributed by atoms with van der Waals surface area (Å²) in [4.78, 5) is 14.1. The number of hydrogen-bond donors (Lipinski definition) is 2. The number of piperidine rings is 1. The van der Waals surface area contributed by atoms with Crippen LogP contribution in [0.1, 0.15) is 40.0 Å². The average molecular weight is 255 g/mol. The Bertz CT molecular complexity index is 255. The molecular formula is C14H29N3O. The molecule has 0 radical (unpaired) electrons. The van der Waals surface area contributed by atoms with Gasteiger partial charge in [-0.25, -0.2) is 0 Å². The molecule has 2 atom stereocenters. The Balaban J connectivity index is 2.17. The van der Waals surface area contributed by atoms with Crippen LogP contribution in [0.3, 0.4) is 0 Å². The molecule has 106 valence electrons. The zero-order chi connectivity index (χ0) is 13.5. The third kappa shape index (κ3) is 5.36. The summed E-state index contributed by atoms with van der Waals surface area (Å²) in [6.45, 7) is 9.27. The first kappa shape index (κ1) is 15.4. The lowest BCUT2D eigenvalue weighted by atomic mass is 9.90. The van der Waals surface area contributed by atoms with Crippen LogP contribution in [0.5, 0.6) is 0 Å². The lowest BCUT2D eigenvalue weighted by molar-refractivity contribution is -0.122. The SMILES string of the molecule is CC1CCCNC1CC(=O)NCCN(C)C(C)C. The summed E-state index contributed by atoms with van der Waals surface area (Å²) in [6.07, 6.45) is 3.09. The normalized spacial score (nSPS) is 24.6. The first-order valence-electron chi connectivity index (χ1n) is 7.21. The van der Waals surface area contributed by atoms with E-state index in [1.165, 1.54) is 12.8 Å². The van der Waals surface area contributed by atoms with Crippen LogP contribution >= 0.6 is 0 Å². The lowest BCUT2D eigenvalue weighted by Crippen LogP contribution is -2.44. The molecule has 0 spiro atoms. The predicted octanol–water partition coefficient (Wildman–Crippen LogP) is 1.22. The number of nitrogens with zero attached hydrogens (tertiary/aromatic N) is 1. The van der Waals surface area contributed by atoms with E-state index in [9.17, 15) is 4.79 Å². The van der Waals surface area contributed by atoms with Crippen LogP contribution in [0, 0.1) is 5.92 Å². The van der Waals surface area contributed by atoms with Gasteiger partial charge in [0.15, 0.2) is 0 Å². The molecule has 0 aromatic rings. The fourth-order valence-electron chi connectivity index (χ4n) is 2.29. The second-order valence-corrected chi connectivity index (χ2v) is 5.81. The summed E-state index contributed by atoms with van der Waals surface area (Å²) >= 11 is 0. The summed E-state index contributed by atoms with van der Waals surface area (Å²) in [5.41, 5.74) is 0. The van der Waals surface area contributed by atoms with E-state index < -0.39 is 0 Å². The topological polar surface area (TPSA) is 44.4 Å². The van der Waals surface area contributed by atoms with Crippen LogP contribution < -0.4 is 10.6 Å². The number of carbonyl (C=O) groups is 1. The molecule has 1 fully saturated rings. The van der Waals surface area contributed by atoms with Gasteiger partial charge in [-0.2, -0.15) is 0 Å². The third-order valence-corrected chi connectivity index (χ3v) is 4.00. The molecule has 4 heteroatoms. The van der Waals surface area contributed by atoms with E-state index >= 15 is 0 Å². The molecule has 18 heavy (non-hydrogen) atoms. The predicted molar refractivity (Wildman–Crippen MR) is 75.6 cm³/mol. The van der Waals surface area contributed by atoms with E-state index in [1.807, 2.05) is 0 Å². The lowest BCUT2D eigenvalue weighted by Gasteiger charge is -2.29. The molecule has 1 amide bonds. The zero-order valence-corrected chi connectivity index (χ0v) is 12.3. The molecule has 1 aliphatic heterocycles.